The van der Waals surface area contributed by atoms with Crippen molar-refractivity contribution in [2.24, 2.45) is 5.92 Å². The molecule has 1 atom stereocenters. The summed E-state index contributed by atoms with van der Waals surface area (Å²) in [5, 5.41) is 15.9. The van der Waals surface area contributed by atoms with E-state index in [9.17, 15) is 19.7 Å². The smallest absolute Gasteiger partial charge is 0.269 e. The van der Waals surface area contributed by atoms with Crippen LogP contribution in [-0.2, 0) is 9.59 Å². The predicted molar refractivity (Wildman–Crippen MR) is 133 cm³/mol. The number of non-ortho nitro benzene ring substituents is 1. The lowest BCUT2D eigenvalue weighted by molar-refractivity contribution is -0.384. The number of carbonyl (C=O) groups excluding carboxylic acids is 2. The van der Waals surface area contributed by atoms with Crippen LogP contribution < -0.4 is 15.0 Å². The van der Waals surface area contributed by atoms with Crippen LogP contribution in [0.3, 0.4) is 0 Å². The third-order valence-electron chi connectivity index (χ3n) is 5.95. The van der Waals surface area contributed by atoms with Gasteiger partial charge >= 0.3 is 0 Å². The quantitative estimate of drug-likeness (QED) is 0.297. The number of carbonyl (C=O) groups is 2. The van der Waals surface area contributed by atoms with Gasteiger partial charge in [-0.05, 0) is 59.3 Å². The Morgan fingerprint density at radius 2 is 1.60 bits per heavy atom. The summed E-state index contributed by atoms with van der Waals surface area (Å²) in [5.74, 6) is 0.380. The van der Waals surface area contributed by atoms with Gasteiger partial charge in [0.15, 0.2) is 0 Å². The highest BCUT2D eigenvalue weighted by atomic mass is 16.6. The van der Waals surface area contributed by atoms with Crippen molar-refractivity contribution in [2.45, 2.75) is 6.42 Å². The second-order valence-corrected chi connectivity index (χ2v) is 8.30. The first-order valence-electron chi connectivity index (χ1n) is 11.1. The van der Waals surface area contributed by atoms with Gasteiger partial charge in [0.2, 0.25) is 11.8 Å². The predicted octanol–water partition coefficient (Wildman–Crippen LogP) is 5.53. The number of ether oxygens (including phenoxy) is 1. The summed E-state index contributed by atoms with van der Waals surface area (Å²) in [6, 6.07) is 26.7. The molecule has 1 N–H and O–H groups in total. The van der Waals surface area contributed by atoms with E-state index >= 15 is 0 Å². The van der Waals surface area contributed by atoms with Crippen LogP contribution in [0.2, 0.25) is 0 Å². The lowest BCUT2D eigenvalue weighted by atomic mass is 10.1. The van der Waals surface area contributed by atoms with Gasteiger partial charge in [-0.25, -0.2) is 0 Å². The monoisotopic (exact) mass is 467 g/mol. The Balaban J connectivity index is 1.20. The van der Waals surface area contributed by atoms with Crippen LogP contribution >= 0.6 is 0 Å². The minimum absolute atomic E-state index is 0.0530. The van der Waals surface area contributed by atoms with Gasteiger partial charge in [-0.15, -0.1) is 0 Å². The van der Waals surface area contributed by atoms with Crippen LogP contribution in [0.5, 0.6) is 11.5 Å². The molecule has 0 spiro atoms. The molecule has 1 fully saturated rings. The van der Waals surface area contributed by atoms with E-state index in [4.69, 9.17) is 4.74 Å². The van der Waals surface area contributed by atoms with E-state index in [0.717, 1.165) is 16.5 Å². The van der Waals surface area contributed by atoms with Crippen LogP contribution in [-0.4, -0.2) is 23.3 Å². The van der Waals surface area contributed by atoms with Gasteiger partial charge in [-0.1, -0.05) is 30.3 Å². The number of rotatable bonds is 6. The van der Waals surface area contributed by atoms with Crippen molar-refractivity contribution in [2.75, 3.05) is 16.8 Å². The van der Waals surface area contributed by atoms with Crippen LogP contribution in [0.15, 0.2) is 91.0 Å². The van der Waals surface area contributed by atoms with Gasteiger partial charge in [0.25, 0.3) is 5.69 Å². The molecule has 1 aliphatic rings. The normalized spacial score (nSPS) is 15.3. The van der Waals surface area contributed by atoms with E-state index in [1.807, 2.05) is 42.5 Å². The fourth-order valence-corrected chi connectivity index (χ4v) is 4.10. The third-order valence-corrected chi connectivity index (χ3v) is 5.95. The van der Waals surface area contributed by atoms with Gasteiger partial charge in [0, 0.05) is 36.5 Å². The van der Waals surface area contributed by atoms with Crippen molar-refractivity contribution in [3.05, 3.63) is 101 Å². The molecule has 8 heteroatoms. The highest BCUT2D eigenvalue weighted by Crippen LogP contribution is 2.29. The fraction of sp³-hybridized carbons (Fsp3) is 0.111. The molecule has 2 amide bonds. The first-order valence-corrected chi connectivity index (χ1v) is 11.1. The molecule has 0 aromatic heterocycles. The van der Waals surface area contributed by atoms with E-state index < -0.39 is 10.8 Å². The number of anilines is 2. The number of hydrogen-bond acceptors (Lipinski definition) is 5. The molecule has 35 heavy (non-hydrogen) atoms. The molecule has 1 heterocycles. The summed E-state index contributed by atoms with van der Waals surface area (Å²) >= 11 is 0. The van der Waals surface area contributed by atoms with E-state index in [0.29, 0.717) is 17.1 Å². The number of amides is 2. The molecule has 1 saturated heterocycles. The summed E-state index contributed by atoms with van der Waals surface area (Å²) in [4.78, 5) is 37.0. The zero-order valence-electron chi connectivity index (χ0n) is 18.6. The van der Waals surface area contributed by atoms with Crippen LogP contribution in [0.4, 0.5) is 17.1 Å². The lowest BCUT2D eigenvalue weighted by Crippen LogP contribution is -2.28. The summed E-state index contributed by atoms with van der Waals surface area (Å²) in [7, 11) is 0. The molecule has 5 rings (SSSR count). The standard InChI is InChI=1S/C27H21N3O5/c31-26-16-20(17-29(26)22-8-10-23(11-9-22)30(33)34)27(32)28-21-6-13-24(14-7-21)35-25-12-5-18-3-1-2-4-19(18)15-25/h1-15,20H,16-17H2,(H,28,32)/t20-/m1/s1. The Kier molecular flexibility index (Phi) is 5.85. The first kappa shape index (κ1) is 22.1. The molecule has 0 aliphatic carbocycles. The average molecular weight is 467 g/mol. The third kappa shape index (κ3) is 4.81. The molecule has 174 valence electrons. The summed E-state index contributed by atoms with van der Waals surface area (Å²) in [6.45, 7) is 0.214. The zero-order valence-corrected chi connectivity index (χ0v) is 18.6. The molecule has 0 saturated carbocycles. The molecular formula is C27H21N3O5. The molecule has 1 aliphatic heterocycles. The van der Waals surface area contributed by atoms with Crippen molar-refractivity contribution < 1.29 is 19.2 Å². The average Bonchev–Trinajstić information content (AvgIpc) is 3.27. The fourth-order valence-electron chi connectivity index (χ4n) is 4.10. The SMILES string of the molecule is O=C(Nc1ccc(Oc2ccc3ccccc3c2)cc1)[C@@H]1CC(=O)N(c2ccc([N+](=O)[O-])cc2)C1. The van der Waals surface area contributed by atoms with Crippen molar-refractivity contribution >= 4 is 39.6 Å². The van der Waals surface area contributed by atoms with Gasteiger partial charge in [-0.2, -0.15) is 0 Å². The molecule has 0 unspecified atom stereocenters. The maximum Gasteiger partial charge on any atom is 0.269 e. The van der Waals surface area contributed by atoms with Gasteiger partial charge in [-0.3, -0.25) is 19.7 Å². The largest absolute Gasteiger partial charge is 0.457 e. The van der Waals surface area contributed by atoms with Crippen LogP contribution in [0, 0.1) is 16.0 Å². The van der Waals surface area contributed by atoms with Crippen molar-refractivity contribution in [1.82, 2.24) is 0 Å². The number of nitro benzene ring substituents is 1. The minimum Gasteiger partial charge on any atom is -0.457 e. The highest BCUT2D eigenvalue weighted by Gasteiger charge is 2.35. The molecular weight excluding hydrogens is 446 g/mol. The van der Waals surface area contributed by atoms with Crippen molar-refractivity contribution in [3.8, 4) is 11.5 Å². The summed E-state index contributed by atoms with van der Waals surface area (Å²) in [5.41, 5.74) is 1.08. The minimum atomic E-state index is -0.522. The molecule has 8 nitrogen and oxygen atoms in total. The topological polar surface area (TPSA) is 102 Å². The number of nitrogens with zero attached hydrogens (tertiary/aromatic N) is 2. The van der Waals surface area contributed by atoms with E-state index in [1.54, 1.807) is 24.3 Å². The second-order valence-electron chi connectivity index (χ2n) is 8.30. The Bertz CT molecular complexity index is 1420. The summed E-state index contributed by atoms with van der Waals surface area (Å²) < 4.78 is 5.94. The summed E-state index contributed by atoms with van der Waals surface area (Å²) in [6.07, 6.45) is 0.0754. The van der Waals surface area contributed by atoms with E-state index in [-0.39, 0.29) is 30.5 Å². The van der Waals surface area contributed by atoms with Gasteiger partial charge < -0.3 is 15.0 Å². The Labute approximate surface area is 200 Å². The Morgan fingerprint density at radius 3 is 2.31 bits per heavy atom. The number of nitro groups is 1. The molecule has 4 aromatic carbocycles. The number of hydrogen-bond donors (Lipinski definition) is 1. The molecule has 4 aromatic rings. The van der Waals surface area contributed by atoms with Gasteiger partial charge in [0.1, 0.15) is 11.5 Å². The van der Waals surface area contributed by atoms with Gasteiger partial charge in [0.05, 0.1) is 10.8 Å². The van der Waals surface area contributed by atoms with Crippen molar-refractivity contribution in [3.63, 3.8) is 0 Å². The maximum atomic E-state index is 12.8. The number of fused-ring (bicyclic) bond motifs is 1. The zero-order chi connectivity index (χ0) is 24.4. The van der Waals surface area contributed by atoms with Crippen LogP contribution in [0.1, 0.15) is 6.42 Å². The van der Waals surface area contributed by atoms with Crippen LogP contribution in [0.25, 0.3) is 10.8 Å². The lowest BCUT2D eigenvalue weighted by Gasteiger charge is -2.16. The molecule has 0 radical (unpaired) electrons. The number of nitrogens with one attached hydrogen (secondary N) is 1. The second kappa shape index (κ2) is 9.26. The van der Waals surface area contributed by atoms with Crippen molar-refractivity contribution in [1.29, 1.82) is 0 Å². The Hall–Kier alpha value is -4.72. The van der Waals surface area contributed by atoms with E-state index in [2.05, 4.69) is 5.32 Å². The highest BCUT2D eigenvalue weighted by molar-refractivity contribution is 6.03. The molecule has 0 bridgehead atoms. The van der Waals surface area contributed by atoms with E-state index in [1.165, 1.54) is 29.2 Å². The number of benzene rings is 4. The first-order chi connectivity index (χ1) is 17.0. The Morgan fingerprint density at radius 1 is 0.914 bits per heavy atom. The maximum absolute atomic E-state index is 12.8.